The van der Waals surface area contributed by atoms with Gasteiger partial charge in [0.15, 0.2) is 0 Å². The molecule has 0 saturated carbocycles. The first-order valence-electron chi connectivity index (χ1n) is 4.82. The monoisotopic (exact) mass is 259 g/mol. The lowest BCUT2D eigenvalue weighted by molar-refractivity contribution is 0.418. The van der Waals surface area contributed by atoms with Crippen LogP contribution in [0.1, 0.15) is 11.3 Å². The molecule has 0 aliphatic carbocycles. The Morgan fingerprint density at radius 2 is 2.38 bits per heavy atom. The van der Waals surface area contributed by atoms with E-state index < -0.39 is 6.08 Å². The number of halogens is 2. The molecule has 1 aromatic heterocycles. The minimum Gasteiger partial charge on any atom is -0.334 e. The van der Waals surface area contributed by atoms with Crippen LogP contribution in [0.5, 0.6) is 0 Å². The maximum Gasteiger partial charge on any atom is 0.266 e. The van der Waals surface area contributed by atoms with Crippen molar-refractivity contribution < 1.29 is 8.78 Å². The first-order valence-corrected chi connectivity index (χ1v) is 7.16. The molecule has 1 unspecified atom stereocenters. The summed E-state index contributed by atoms with van der Waals surface area (Å²) in [6.45, 7) is 0. The van der Waals surface area contributed by atoms with Crippen molar-refractivity contribution >= 4 is 33.1 Å². The number of rotatable bonds is 4. The molecule has 0 radical (unpaired) electrons. The first kappa shape index (κ1) is 11.5. The first-order chi connectivity index (χ1) is 7.75. The molecule has 0 spiro atoms. The van der Waals surface area contributed by atoms with Gasteiger partial charge in [0.2, 0.25) is 0 Å². The van der Waals surface area contributed by atoms with Gasteiger partial charge in [0.05, 0.1) is 10.6 Å². The van der Waals surface area contributed by atoms with E-state index in [9.17, 15) is 8.78 Å². The van der Waals surface area contributed by atoms with Gasteiger partial charge in [-0.05, 0) is 35.4 Å². The highest BCUT2D eigenvalue weighted by molar-refractivity contribution is 8.14. The van der Waals surface area contributed by atoms with Gasteiger partial charge in [0.25, 0.3) is 6.08 Å². The van der Waals surface area contributed by atoms with Crippen molar-refractivity contribution in [2.75, 3.05) is 5.75 Å². The van der Waals surface area contributed by atoms with Crippen LogP contribution in [0.2, 0.25) is 0 Å². The summed E-state index contributed by atoms with van der Waals surface area (Å²) in [5.41, 5.74) is 1.10. The predicted molar refractivity (Wildman–Crippen MR) is 68.9 cm³/mol. The molecule has 1 atom stereocenters. The van der Waals surface area contributed by atoms with Crippen LogP contribution in [0.3, 0.4) is 0 Å². The highest BCUT2D eigenvalue weighted by Gasteiger charge is 2.08. The second-order valence-corrected chi connectivity index (χ2v) is 5.90. The van der Waals surface area contributed by atoms with Crippen molar-refractivity contribution in [2.24, 2.45) is 0 Å². The molecule has 0 amide bonds. The Balaban J connectivity index is 1.85. The van der Waals surface area contributed by atoms with Gasteiger partial charge in [0.1, 0.15) is 0 Å². The zero-order chi connectivity index (χ0) is 11.4. The fourth-order valence-corrected chi connectivity index (χ4v) is 3.55. The Kier molecular flexibility index (Phi) is 3.90. The van der Waals surface area contributed by atoms with Gasteiger partial charge in [-0.1, -0.05) is 16.7 Å². The second-order valence-electron chi connectivity index (χ2n) is 3.21. The number of nitrogens with one attached hydrogen (secondary N) is 1. The molecule has 0 fully saturated rings. The van der Waals surface area contributed by atoms with E-state index in [1.807, 2.05) is 23.6 Å². The van der Waals surface area contributed by atoms with Crippen molar-refractivity contribution in [3.05, 3.63) is 40.6 Å². The van der Waals surface area contributed by atoms with Crippen molar-refractivity contribution in [2.45, 2.75) is 6.42 Å². The van der Waals surface area contributed by atoms with Crippen LogP contribution in [0.4, 0.5) is 8.78 Å². The zero-order valence-corrected chi connectivity index (χ0v) is 10.1. The van der Waals surface area contributed by atoms with E-state index in [1.165, 1.54) is 4.88 Å². The quantitative estimate of drug-likeness (QED) is 0.810. The lowest BCUT2D eigenvalue weighted by Gasteiger charge is -2.07. The van der Waals surface area contributed by atoms with E-state index in [1.54, 1.807) is 11.3 Å². The van der Waals surface area contributed by atoms with Gasteiger partial charge in [-0.2, -0.15) is 8.78 Å². The van der Waals surface area contributed by atoms with Gasteiger partial charge in [-0.15, -0.1) is 11.3 Å². The van der Waals surface area contributed by atoms with Gasteiger partial charge < -0.3 is 4.72 Å². The standard InChI is InChI=1S/C11H11F2NS2/c12-11(13)4-2-7-16-8-5-9(14-16)10-3-1-6-15-10/h1,3-6,8,14H,2,7H2. The fraction of sp³-hybridized carbons (Fsp3) is 0.182. The summed E-state index contributed by atoms with van der Waals surface area (Å²) in [5.74, 6) is 0.725. The Morgan fingerprint density at radius 3 is 3.06 bits per heavy atom. The molecule has 1 aliphatic heterocycles. The molecule has 5 heteroatoms. The molecular weight excluding hydrogens is 248 g/mol. The van der Waals surface area contributed by atoms with Gasteiger partial charge in [0, 0.05) is 5.75 Å². The smallest absolute Gasteiger partial charge is 0.266 e. The minimum absolute atomic E-state index is 0.0973. The third-order valence-electron chi connectivity index (χ3n) is 2.06. The molecule has 1 N–H and O–H groups in total. The van der Waals surface area contributed by atoms with E-state index >= 15 is 0 Å². The minimum atomic E-state index is -1.59. The van der Waals surface area contributed by atoms with Crippen LogP contribution in [-0.4, -0.2) is 11.1 Å². The van der Waals surface area contributed by atoms with Crippen LogP contribution >= 0.6 is 22.0 Å². The largest absolute Gasteiger partial charge is 0.334 e. The van der Waals surface area contributed by atoms with Crippen LogP contribution in [0.25, 0.3) is 5.70 Å². The summed E-state index contributed by atoms with van der Waals surface area (Å²) >= 11 is 1.67. The Labute approximate surface area is 99.6 Å². The van der Waals surface area contributed by atoms with Crippen molar-refractivity contribution in [3.63, 3.8) is 0 Å². The highest BCUT2D eigenvalue weighted by atomic mass is 32.2. The van der Waals surface area contributed by atoms with Crippen molar-refractivity contribution in [1.29, 1.82) is 0 Å². The molecule has 16 heavy (non-hydrogen) atoms. The molecule has 0 bridgehead atoms. The van der Waals surface area contributed by atoms with Crippen molar-refractivity contribution in [3.8, 4) is 0 Å². The normalized spacial score (nSPS) is 18.6. The zero-order valence-electron chi connectivity index (χ0n) is 8.45. The summed E-state index contributed by atoms with van der Waals surface area (Å²) in [4.78, 5) is 1.19. The number of hydrogen-bond donors (Lipinski definition) is 1. The van der Waals surface area contributed by atoms with Gasteiger partial charge in [-0.25, -0.2) is 0 Å². The second kappa shape index (κ2) is 5.41. The summed E-state index contributed by atoms with van der Waals surface area (Å²) in [6, 6.07) is 4.05. The summed E-state index contributed by atoms with van der Waals surface area (Å²) in [7, 11) is -0.0973. The number of thiophene rings is 1. The van der Waals surface area contributed by atoms with E-state index in [-0.39, 0.29) is 10.7 Å². The molecule has 0 aromatic carbocycles. The topological polar surface area (TPSA) is 12.0 Å². The van der Waals surface area contributed by atoms with Crippen LogP contribution in [-0.2, 0) is 0 Å². The Morgan fingerprint density at radius 1 is 1.50 bits per heavy atom. The van der Waals surface area contributed by atoms with Gasteiger partial charge >= 0.3 is 0 Å². The molecule has 2 heterocycles. The molecule has 0 saturated heterocycles. The lowest BCUT2D eigenvalue weighted by atomic mass is 10.3. The SMILES string of the molecule is FC(F)=CCCS1=CC=C(c2cccs2)N1. The van der Waals surface area contributed by atoms with Crippen LogP contribution < -0.4 is 4.72 Å². The van der Waals surface area contributed by atoms with E-state index in [2.05, 4.69) is 10.1 Å². The molecule has 2 rings (SSSR count). The average Bonchev–Trinajstić information content (AvgIpc) is 2.85. The molecule has 1 aromatic rings. The van der Waals surface area contributed by atoms with Crippen molar-refractivity contribution in [1.82, 2.24) is 4.72 Å². The van der Waals surface area contributed by atoms with E-state index in [4.69, 9.17) is 0 Å². The number of allylic oxidation sites excluding steroid dienone is 2. The molecule has 1 aliphatic rings. The molecule has 86 valence electrons. The summed E-state index contributed by atoms with van der Waals surface area (Å²) in [5, 5.41) is 4.08. The Hall–Kier alpha value is -0.940. The Bertz CT molecular complexity index is 443. The molecule has 1 nitrogen and oxygen atoms in total. The van der Waals surface area contributed by atoms with E-state index in [0.717, 1.165) is 17.5 Å². The third-order valence-corrected chi connectivity index (χ3v) is 4.59. The van der Waals surface area contributed by atoms with Gasteiger partial charge in [-0.3, -0.25) is 0 Å². The molecular formula is C11H11F2NS2. The van der Waals surface area contributed by atoms with Crippen LogP contribution in [0.15, 0.2) is 35.7 Å². The summed E-state index contributed by atoms with van der Waals surface area (Å²) in [6.07, 6.45) is 1.84. The van der Waals surface area contributed by atoms with Crippen LogP contribution in [0, 0.1) is 0 Å². The summed E-state index contributed by atoms with van der Waals surface area (Å²) < 4.78 is 27.0. The number of hydrogen-bond acceptors (Lipinski definition) is 2. The average molecular weight is 259 g/mol. The maximum atomic E-state index is 11.8. The maximum absolute atomic E-state index is 11.8. The predicted octanol–water partition coefficient (Wildman–Crippen LogP) is 3.85. The fourth-order valence-electron chi connectivity index (χ4n) is 1.34. The third kappa shape index (κ3) is 3.02. The van der Waals surface area contributed by atoms with E-state index in [0.29, 0.717) is 6.42 Å². The lowest BCUT2D eigenvalue weighted by Crippen LogP contribution is -2.01. The highest BCUT2D eigenvalue weighted by Crippen LogP contribution is 2.26.